The fourth-order valence-electron chi connectivity index (χ4n) is 3.32. The third-order valence-electron chi connectivity index (χ3n) is 5.12. The summed E-state index contributed by atoms with van der Waals surface area (Å²) < 4.78 is 0. The minimum atomic E-state index is -0.0480. The van der Waals surface area contributed by atoms with E-state index in [-0.39, 0.29) is 5.91 Å². The lowest BCUT2D eigenvalue weighted by Gasteiger charge is -2.33. The number of nitrogens with zero attached hydrogens (tertiary/aromatic N) is 1. The van der Waals surface area contributed by atoms with Crippen molar-refractivity contribution in [2.24, 2.45) is 5.92 Å². The molecule has 0 aliphatic carbocycles. The van der Waals surface area contributed by atoms with Gasteiger partial charge in [0.25, 0.3) is 5.91 Å². The van der Waals surface area contributed by atoms with Crippen LogP contribution in [0.4, 0.5) is 11.4 Å². The van der Waals surface area contributed by atoms with Crippen molar-refractivity contribution in [3.8, 4) is 0 Å². The average molecular weight is 336 g/mol. The number of amides is 1. The molecule has 2 aromatic rings. The molecule has 3 rings (SSSR count). The van der Waals surface area contributed by atoms with Crippen molar-refractivity contribution in [3.63, 3.8) is 0 Å². The van der Waals surface area contributed by atoms with Crippen LogP contribution in [0.3, 0.4) is 0 Å². The van der Waals surface area contributed by atoms with Gasteiger partial charge in [0.15, 0.2) is 0 Å². The fourth-order valence-corrected chi connectivity index (χ4v) is 3.32. The predicted octanol–water partition coefficient (Wildman–Crippen LogP) is 5.30. The van der Waals surface area contributed by atoms with E-state index in [1.807, 2.05) is 42.5 Å². The molecule has 1 heterocycles. The van der Waals surface area contributed by atoms with Crippen LogP contribution >= 0.6 is 0 Å². The van der Waals surface area contributed by atoms with Crippen molar-refractivity contribution >= 4 is 17.3 Å². The molecular formula is C22H28N2O. The number of piperidine rings is 1. The van der Waals surface area contributed by atoms with Crippen LogP contribution in [0.1, 0.15) is 55.5 Å². The lowest BCUT2D eigenvalue weighted by Crippen LogP contribution is -2.33. The molecule has 0 bridgehead atoms. The second-order valence-electron chi connectivity index (χ2n) is 7.42. The Morgan fingerprint density at radius 3 is 2.32 bits per heavy atom. The Morgan fingerprint density at radius 1 is 1.04 bits per heavy atom. The van der Waals surface area contributed by atoms with Gasteiger partial charge in [-0.15, -0.1) is 0 Å². The molecule has 0 radical (unpaired) electrons. The Labute approximate surface area is 151 Å². The minimum Gasteiger partial charge on any atom is -0.370 e. The topological polar surface area (TPSA) is 32.3 Å². The standard InChI is InChI=1S/C22H28N2O/c1-16(2)18-8-10-19(11-9-18)22(25)23-20-6-4-5-7-21(20)24-14-12-17(3)13-15-24/h4-11,16-17H,12-15H2,1-3H3,(H,23,25). The number of hydrogen-bond donors (Lipinski definition) is 1. The highest BCUT2D eigenvalue weighted by molar-refractivity contribution is 6.06. The summed E-state index contributed by atoms with van der Waals surface area (Å²) >= 11 is 0. The minimum absolute atomic E-state index is 0.0480. The van der Waals surface area contributed by atoms with E-state index in [0.717, 1.165) is 30.4 Å². The number of benzene rings is 2. The molecule has 1 N–H and O–H groups in total. The fraction of sp³-hybridized carbons (Fsp3) is 0.409. The van der Waals surface area contributed by atoms with Gasteiger partial charge in [-0.05, 0) is 54.5 Å². The van der Waals surface area contributed by atoms with E-state index in [1.54, 1.807) is 0 Å². The van der Waals surface area contributed by atoms with Gasteiger partial charge in [0.2, 0.25) is 0 Å². The third kappa shape index (κ3) is 4.22. The highest BCUT2D eigenvalue weighted by Crippen LogP contribution is 2.30. The summed E-state index contributed by atoms with van der Waals surface area (Å²) in [5.41, 5.74) is 3.97. The Balaban J connectivity index is 1.75. The summed E-state index contributed by atoms with van der Waals surface area (Å²) in [6.07, 6.45) is 2.41. The summed E-state index contributed by atoms with van der Waals surface area (Å²) in [5, 5.41) is 3.10. The van der Waals surface area contributed by atoms with Gasteiger partial charge in [0, 0.05) is 18.7 Å². The molecule has 1 aliphatic rings. The highest BCUT2D eigenvalue weighted by Gasteiger charge is 2.19. The zero-order valence-electron chi connectivity index (χ0n) is 15.5. The van der Waals surface area contributed by atoms with Crippen LogP contribution in [0.5, 0.6) is 0 Å². The maximum Gasteiger partial charge on any atom is 0.255 e. The van der Waals surface area contributed by atoms with Crippen molar-refractivity contribution in [1.82, 2.24) is 0 Å². The lowest BCUT2D eigenvalue weighted by molar-refractivity contribution is 0.102. The van der Waals surface area contributed by atoms with Gasteiger partial charge in [0.05, 0.1) is 11.4 Å². The van der Waals surface area contributed by atoms with Gasteiger partial charge in [-0.1, -0.05) is 45.0 Å². The van der Waals surface area contributed by atoms with Crippen LogP contribution in [-0.2, 0) is 0 Å². The molecule has 1 fully saturated rings. The number of nitrogens with one attached hydrogen (secondary N) is 1. The molecule has 0 atom stereocenters. The van der Waals surface area contributed by atoms with E-state index in [2.05, 4.69) is 37.1 Å². The first-order valence-corrected chi connectivity index (χ1v) is 9.30. The molecule has 1 aliphatic heterocycles. The molecule has 3 heteroatoms. The third-order valence-corrected chi connectivity index (χ3v) is 5.12. The van der Waals surface area contributed by atoms with Crippen LogP contribution in [0.15, 0.2) is 48.5 Å². The highest BCUT2D eigenvalue weighted by atomic mass is 16.1. The average Bonchev–Trinajstić information content (AvgIpc) is 2.63. The summed E-state index contributed by atoms with van der Waals surface area (Å²) in [7, 11) is 0. The van der Waals surface area contributed by atoms with E-state index in [4.69, 9.17) is 0 Å². The van der Waals surface area contributed by atoms with Crippen molar-refractivity contribution in [1.29, 1.82) is 0 Å². The van der Waals surface area contributed by atoms with Crippen molar-refractivity contribution in [2.45, 2.75) is 39.5 Å². The molecule has 0 spiro atoms. The predicted molar refractivity (Wildman–Crippen MR) is 106 cm³/mol. The Hall–Kier alpha value is -2.29. The van der Waals surface area contributed by atoms with Crippen LogP contribution in [0.2, 0.25) is 0 Å². The summed E-state index contributed by atoms with van der Waals surface area (Å²) in [5.74, 6) is 1.21. The maximum absolute atomic E-state index is 12.7. The van der Waals surface area contributed by atoms with Gasteiger partial charge in [0.1, 0.15) is 0 Å². The number of carbonyl (C=O) groups excluding carboxylic acids is 1. The van der Waals surface area contributed by atoms with Crippen LogP contribution in [-0.4, -0.2) is 19.0 Å². The van der Waals surface area contributed by atoms with Crippen molar-refractivity contribution < 1.29 is 4.79 Å². The first kappa shape index (κ1) is 17.5. The van der Waals surface area contributed by atoms with Gasteiger partial charge >= 0.3 is 0 Å². The quantitative estimate of drug-likeness (QED) is 0.822. The zero-order chi connectivity index (χ0) is 17.8. The molecule has 0 aromatic heterocycles. The molecule has 132 valence electrons. The summed E-state index contributed by atoms with van der Waals surface area (Å²) in [6.45, 7) is 8.73. The molecule has 1 amide bonds. The van der Waals surface area contributed by atoms with Crippen LogP contribution in [0, 0.1) is 5.92 Å². The van der Waals surface area contributed by atoms with E-state index in [1.165, 1.54) is 18.4 Å². The molecule has 25 heavy (non-hydrogen) atoms. The first-order valence-electron chi connectivity index (χ1n) is 9.30. The number of hydrogen-bond acceptors (Lipinski definition) is 2. The zero-order valence-corrected chi connectivity index (χ0v) is 15.5. The lowest BCUT2D eigenvalue weighted by atomic mass is 9.98. The number of para-hydroxylation sites is 2. The van der Waals surface area contributed by atoms with Gasteiger partial charge in [-0.3, -0.25) is 4.79 Å². The van der Waals surface area contributed by atoms with E-state index in [0.29, 0.717) is 11.5 Å². The molecule has 0 unspecified atom stereocenters. The largest absolute Gasteiger partial charge is 0.370 e. The summed E-state index contributed by atoms with van der Waals surface area (Å²) in [6, 6.07) is 16.0. The van der Waals surface area contributed by atoms with E-state index in [9.17, 15) is 4.79 Å². The van der Waals surface area contributed by atoms with Crippen LogP contribution < -0.4 is 10.2 Å². The molecule has 2 aromatic carbocycles. The second-order valence-corrected chi connectivity index (χ2v) is 7.42. The van der Waals surface area contributed by atoms with Gasteiger partial charge in [-0.2, -0.15) is 0 Å². The van der Waals surface area contributed by atoms with Gasteiger partial charge in [-0.25, -0.2) is 0 Å². The second kappa shape index (κ2) is 7.73. The first-order chi connectivity index (χ1) is 12.0. The summed E-state index contributed by atoms with van der Waals surface area (Å²) in [4.78, 5) is 15.0. The SMILES string of the molecule is CC1CCN(c2ccccc2NC(=O)c2ccc(C(C)C)cc2)CC1. The van der Waals surface area contributed by atoms with Crippen LogP contribution in [0.25, 0.3) is 0 Å². The van der Waals surface area contributed by atoms with Crippen molar-refractivity contribution in [2.75, 3.05) is 23.3 Å². The normalized spacial score (nSPS) is 15.4. The smallest absolute Gasteiger partial charge is 0.255 e. The maximum atomic E-state index is 12.7. The molecule has 0 saturated carbocycles. The molecule has 1 saturated heterocycles. The number of carbonyl (C=O) groups is 1. The molecule has 3 nitrogen and oxygen atoms in total. The molecular weight excluding hydrogens is 308 g/mol. The number of rotatable bonds is 4. The van der Waals surface area contributed by atoms with E-state index < -0.39 is 0 Å². The Kier molecular flexibility index (Phi) is 5.42. The number of anilines is 2. The van der Waals surface area contributed by atoms with E-state index >= 15 is 0 Å². The Bertz CT molecular complexity index is 713. The van der Waals surface area contributed by atoms with Crippen molar-refractivity contribution in [3.05, 3.63) is 59.7 Å². The monoisotopic (exact) mass is 336 g/mol. The Morgan fingerprint density at radius 2 is 1.68 bits per heavy atom. The van der Waals surface area contributed by atoms with Gasteiger partial charge < -0.3 is 10.2 Å².